The van der Waals surface area contributed by atoms with Crippen LogP contribution in [0.4, 0.5) is 11.4 Å². The number of aryl methyl sites for hydroxylation is 1. The maximum Gasteiger partial charge on any atom is 0.269 e. The molecule has 0 unspecified atom stereocenters. The van der Waals surface area contributed by atoms with Crippen LogP contribution in [0.15, 0.2) is 18.2 Å². The molecule has 0 radical (unpaired) electrons. The van der Waals surface area contributed by atoms with E-state index in [1.807, 2.05) is 0 Å². The molecule has 1 aromatic carbocycles. The summed E-state index contributed by atoms with van der Waals surface area (Å²) in [6, 6.07) is 4.53. The van der Waals surface area contributed by atoms with Gasteiger partial charge in [-0.05, 0) is 49.8 Å². The van der Waals surface area contributed by atoms with E-state index in [9.17, 15) is 14.9 Å². The monoisotopic (exact) mass is 331 g/mol. The number of nitro groups is 1. The minimum atomic E-state index is -0.424. The van der Waals surface area contributed by atoms with E-state index in [1.54, 1.807) is 13.0 Å². The van der Waals surface area contributed by atoms with Crippen LogP contribution in [0.3, 0.4) is 0 Å². The first kappa shape index (κ1) is 16.9. The van der Waals surface area contributed by atoms with Crippen molar-refractivity contribution in [3.63, 3.8) is 0 Å². The summed E-state index contributed by atoms with van der Waals surface area (Å²) in [4.78, 5) is 24.9. The van der Waals surface area contributed by atoms with Crippen LogP contribution >= 0.6 is 0 Å². The third-order valence-electron chi connectivity index (χ3n) is 5.44. The van der Waals surface area contributed by atoms with Crippen LogP contribution < -0.4 is 5.32 Å². The summed E-state index contributed by atoms with van der Waals surface area (Å²) in [6.45, 7) is 4.20. The second-order valence-electron chi connectivity index (χ2n) is 7.13. The number of hydrogen-bond donors (Lipinski definition) is 1. The molecule has 1 saturated carbocycles. The van der Waals surface area contributed by atoms with Gasteiger partial charge in [0.25, 0.3) is 5.69 Å². The minimum Gasteiger partial charge on any atom is -0.325 e. The quantitative estimate of drug-likeness (QED) is 0.678. The lowest BCUT2D eigenvalue weighted by molar-refractivity contribution is -0.384. The van der Waals surface area contributed by atoms with Crippen molar-refractivity contribution in [3.05, 3.63) is 33.9 Å². The lowest BCUT2D eigenvalue weighted by Gasteiger charge is -2.41. The molecule has 24 heavy (non-hydrogen) atoms. The average molecular weight is 331 g/mol. The molecule has 0 aromatic heterocycles. The normalized spacial score (nSPS) is 24.2. The van der Waals surface area contributed by atoms with Crippen molar-refractivity contribution in [3.8, 4) is 0 Å². The molecule has 6 heteroatoms. The minimum absolute atomic E-state index is 0.0405. The number of hydrogen-bond acceptors (Lipinski definition) is 4. The van der Waals surface area contributed by atoms with Crippen molar-refractivity contribution >= 4 is 17.3 Å². The first-order chi connectivity index (χ1) is 11.5. The number of likely N-dealkylation sites (tertiary alicyclic amines) is 1. The second kappa shape index (κ2) is 7.30. The first-order valence-corrected chi connectivity index (χ1v) is 8.80. The fourth-order valence-electron chi connectivity index (χ4n) is 4.11. The summed E-state index contributed by atoms with van der Waals surface area (Å²) < 4.78 is 0. The number of amides is 1. The standard InChI is InChI=1S/C18H25N3O3/c1-13-10-16(21(23)24)6-7-17(13)19-18(22)12-20-9-8-14-4-2-3-5-15(14)11-20/h6-7,10,14-15H,2-5,8-9,11-12H2,1H3,(H,19,22)/t14-,15-/m1/s1. The number of nitro benzene ring substituents is 1. The Balaban J connectivity index is 1.55. The molecule has 0 bridgehead atoms. The van der Waals surface area contributed by atoms with E-state index in [2.05, 4.69) is 10.2 Å². The molecule has 3 rings (SSSR count). The molecule has 130 valence electrons. The number of piperidine rings is 1. The largest absolute Gasteiger partial charge is 0.325 e. The third kappa shape index (κ3) is 3.93. The number of nitrogens with zero attached hydrogens (tertiary/aromatic N) is 2. The van der Waals surface area contributed by atoms with Crippen LogP contribution in [0.2, 0.25) is 0 Å². The van der Waals surface area contributed by atoms with Gasteiger partial charge in [0.2, 0.25) is 5.91 Å². The highest BCUT2D eigenvalue weighted by atomic mass is 16.6. The number of benzene rings is 1. The van der Waals surface area contributed by atoms with E-state index in [1.165, 1.54) is 44.2 Å². The van der Waals surface area contributed by atoms with Gasteiger partial charge in [0.1, 0.15) is 0 Å². The predicted molar refractivity (Wildman–Crippen MR) is 93.0 cm³/mol. The van der Waals surface area contributed by atoms with Crippen molar-refractivity contribution in [2.24, 2.45) is 11.8 Å². The predicted octanol–water partition coefficient (Wildman–Crippen LogP) is 3.35. The fraction of sp³-hybridized carbons (Fsp3) is 0.611. The number of rotatable bonds is 4. The van der Waals surface area contributed by atoms with Crippen molar-refractivity contribution in [1.29, 1.82) is 0 Å². The van der Waals surface area contributed by atoms with Crippen LogP contribution in [-0.2, 0) is 4.79 Å². The highest BCUT2D eigenvalue weighted by Crippen LogP contribution is 2.35. The number of carbonyl (C=O) groups is 1. The highest BCUT2D eigenvalue weighted by Gasteiger charge is 2.31. The van der Waals surface area contributed by atoms with Crippen LogP contribution in [-0.4, -0.2) is 35.4 Å². The summed E-state index contributed by atoms with van der Waals surface area (Å²) in [5.74, 6) is 1.57. The SMILES string of the molecule is Cc1cc([N+](=O)[O-])ccc1NC(=O)CN1CC[C@H]2CCCC[C@@H]2C1. The molecule has 6 nitrogen and oxygen atoms in total. The Hall–Kier alpha value is -1.95. The lowest BCUT2D eigenvalue weighted by atomic mass is 9.75. The highest BCUT2D eigenvalue weighted by molar-refractivity contribution is 5.93. The van der Waals surface area contributed by atoms with Gasteiger partial charge >= 0.3 is 0 Å². The molecule has 2 fully saturated rings. The number of fused-ring (bicyclic) bond motifs is 1. The van der Waals surface area contributed by atoms with E-state index in [4.69, 9.17) is 0 Å². The molecule has 1 saturated heterocycles. The zero-order chi connectivity index (χ0) is 17.1. The van der Waals surface area contributed by atoms with Gasteiger partial charge in [0, 0.05) is 24.4 Å². The van der Waals surface area contributed by atoms with E-state index in [-0.39, 0.29) is 11.6 Å². The van der Waals surface area contributed by atoms with Crippen LogP contribution in [0.25, 0.3) is 0 Å². The molecule has 1 aromatic rings. The van der Waals surface area contributed by atoms with E-state index >= 15 is 0 Å². The smallest absolute Gasteiger partial charge is 0.269 e. The summed E-state index contributed by atoms with van der Waals surface area (Å²) >= 11 is 0. The zero-order valence-electron chi connectivity index (χ0n) is 14.2. The van der Waals surface area contributed by atoms with Crippen molar-refractivity contribution in [1.82, 2.24) is 4.90 Å². The number of nitrogens with one attached hydrogen (secondary N) is 1. The summed E-state index contributed by atoms with van der Waals surface area (Å²) in [6.07, 6.45) is 6.54. The van der Waals surface area contributed by atoms with Gasteiger partial charge in [0.15, 0.2) is 0 Å². The van der Waals surface area contributed by atoms with Gasteiger partial charge in [-0.15, -0.1) is 0 Å². The Labute approximate surface area is 142 Å². The van der Waals surface area contributed by atoms with Crippen LogP contribution in [0.5, 0.6) is 0 Å². The molecule has 2 aliphatic rings. The summed E-state index contributed by atoms with van der Waals surface area (Å²) in [5.41, 5.74) is 1.41. The number of non-ortho nitro benzene ring substituents is 1. The van der Waals surface area contributed by atoms with E-state index < -0.39 is 4.92 Å². The molecule has 1 aliphatic carbocycles. The van der Waals surface area contributed by atoms with E-state index in [0.29, 0.717) is 17.8 Å². The Morgan fingerprint density at radius 3 is 2.75 bits per heavy atom. The number of anilines is 1. The molecule has 2 atom stereocenters. The lowest BCUT2D eigenvalue weighted by Crippen LogP contribution is -2.44. The average Bonchev–Trinajstić information content (AvgIpc) is 2.56. The van der Waals surface area contributed by atoms with Gasteiger partial charge in [-0.3, -0.25) is 19.8 Å². The van der Waals surface area contributed by atoms with Gasteiger partial charge in [-0.2, -0.15) is 0 Å². The fourth-order valence-corrected chi connectivity index (χ4v) is 4.11. The Kier molecular flexibility index (Phi) is 5.14. The first-order valence-electron chi connectivity index (χ1n) is 8.80. The van der Waals surface area contributed by atoms with Gasteiger partial charge < -0.3 is 5.32 Å². The van der Waals surface area contributed by atoms with Crippen LogP contribution in [0, 0.1) is 28.9 Å². The molecular weight excluding hydrogens is 306 g/mol. The third-order valence-corrected chi connectivity index (χ3v) is 5.44. The van der Waals surface area contributed by atoms with Gasteiger partial charge in [-0.25, -0.2) is 0 Å². The molecule has 1 amide bonds. The molecule has 1 aliphatic heterocycles. The van der Waals surface area contributed by atoms with E-state index in [0.717, 1.165) is 24.9 Å². The molecule has 1 heterocycles. The van der Waals surface area contributed by atoms with Crippen molar-refractivity contribution in [2.75, 3.05) is 25.0 Å². The molecule has 1 N–H and O–H groups in total. The van der Waals surface area contributed by atoms with Crippen LogP contribution in [0.1, 0.15) is 37.7 Å². The maximum absolute atomic E-state index is 12.3. The summed E-state index contributed by atoms with van der Waals surface area (Å²) in [5, 5.41) is 13.7. The topological polar surface area (TPSA) is 75.5 Å². The Morgan fingerprint density at radius 2 is 2.04 bits per heavy atom. The molecule has 0 spiro atoms. The number of carbonyl (C=O) groups excluding carboxylic acids is 1. The van der Waals surface area contributed by atoms with Gasteiger partial charge in [0.05, 0.1) is 11.5 Å². The van der Waals surface area contributed by atoms with Crippen molar-refractivity contribution < 1.29 is 9.72 Å². The molecular formula is C18H25N3O3. The Bertz CT molecular complexity index is 632. The Morgan fingerprint density at radius 1 is 1.29 bits per heavy atom. The van der Waals surface area contributed by atoms with Crippen molar-refractivity contribution in [2.45, 2.75) is 39.0 Å². The summed E-state index contributed by atoms with van der Waals surface area (Å²) in [7, 11) is 0. The zero-order valence-corrected chi connectivity index (χ0v) is 14.2. The maximum atomic E-state index is 12.3. The van der Waals surface area contributed by atoms with Gasteiger partial charge in [-0.1, -0.05) is 19.3 Å². The second-order valence-corrected chi connectivity index (χ2v) is 7.13.